The molecule has 6 heteroatoms. The summed E-state index contributed by atoms with van der Waals surface area (Å²) in [5.41, 5.74) is 8.19. The summed E-state index contributed by atoms with van der Waals surface area (Å²) in [5, 5.41) is 3.96. The molecule has 2 aromatic rings. The lowest BCUT2D eigenvalue weighted by atomic mass is 10.00. The summed E-state index contributed by atoms with van der Waals surface area (Å²) in [6.45, 7) is 2.60. The van der Waals surface area contributed by atoms with Gasteiger partial charge in [0.1, 0.15) is 5.69 Å². The van der Waals surface area contributed by atoms with E-state index in [0.29, 0.717) is 10.9 Å². The average molecular weight is 346 g/mol. The van der Waals surface area contributed by atoms with Gasteiger partial charge in [-0.2, -0.15) is 0 Å². The van der Waals surface area contributed by atoms with Crippen LogP contribution in [-0.2, 0) is 4.74 Å². The Morgan fingerprint density at radius 1 is 1.33 bits per heavy atom. The number of carbonyl (C=O) groups excluding carboxylic acids is 1. The molecule has 1 aromatic heterocycles. The predicted molar refractivity (Wildman–Crippen MR) is 95.2 cm³/mol. The SMILES string of the molecule is NC(=O)c1cc(-c2cccc(NCC3CCOCC3)c2)c(Cl)cn1. The molecule has 126 valence electrons. The van der Waals surface area contributed by atoms with Crippen molar-refractivity contribution in [1.29, 1.82) is 0 Å². The summed E-state index contributed by atoms with van der Waals surface area (Å²) in [6, 6.07) is 9.58. The lowest BCUT2D eigenvalue weighted by Gasteiger charge is -2.22. The zero-order chi connectivity index (χ0) is 16.9. The van der Waals surface area contributed by atoms with Gasteiger partial charge < -0.3 is 15.8 Å². The number of halogens is 1. The number of benzene rings is 1. The molecule has 0 unspecified atom stereocenters. The van der Waals surface area contributed by atoms with E-state index in [1.165, 1.54) is 6.20 Å². The lowest BCUT2D eigenvalue weighted by molar-refractivity contribution is 0.0699. The molecule has 1 aliphatic heterocycles. The van der Waals surface area contributed by atoms with E-state index in [0.717, 1.165) is 49.4 Å². The highest BCUT2D eigenvalue weighted by molar-refractivity contribution is 6.33. The fourth-order valence-electron chi connectivity index (χ4n) is 2.80. The molecule has 3 rings (SSSR count). The maximum absolute atomic E-state index is 11.3. The van der Waals surface area contributed by atoms with Crippen LogP contribution in [0.15, 0.2) is 36.5 Å². The minimum Gasteiger partial charge on any atom is -0.385 e. The van der Waals surface area contributed by atoms with Crippen LogP contribution in [0.3, 0.4) is 0 Å². The number of amides is 1. The van der Waals surface area contributed by atoms with Gasteiger partial charge in [0.15, 0.2) is 0 Å². The van der Waals surface area contributed by atoms with E-state index in [-0.39, 0.29) is 5.69 Å². The van der Waals surface area contributed by atoms with E-state index in [2.05, 4.69) is 10.3 Å². The van der Waals surface area contributed by atoms with Crippen molar-refractivity contribution in [3.63, 3.8) is 0 Å². The van der Waals surface area contributed by atoms with Gasteiger partial charge in [-0.1, -0.05) is 23.7 Å². The summed E-state index contributed by atoms with van der Waals surface area (Å²) < 4.78 is 5.39. The number of anilines is 1. The third-order valence-corrected chi connectivity index (χ3v) is 4.52. The number of hydrogen-bond donors (Lipinski definition) is 2. The molecule has 1 saturated heterocycles. The predicted octanol–water partition coefficient (Wildman–Crippen LogP) is 3.34. The van der Waals surface area contributed by atoms with Crippen LogP contribution in [0.1, 0.15) is 23.3 Å². The number of aromatic nitrogens is 1. The van der Waals surface area contributed by atoms with Crippen molar-refractivity contribution in [2.75, 3.05) is 25.1 Å². The molecule has 1 aliphatic rings. The van der Waals surface area contributed by atoms with Crippen molar-refractivity contribution >= 4 is 23.2 Å². The smallest absolute Gasteiger partial charge is 0.267 e. The molecule has 0 saturated carbocycles. The summed E-state index contributed by atoms with van der Waals surface area (Å²) in [4.78, 5) is 15.3. The Balaban J connectivity index is 1.77. The number of ether oxygens (including phenoxy) is 1. The van der Waals surface area contributed by atoms with Crippen LogP contribution in [0.25, 0.3) is 11.1 Å². The molecule has 1 fully saturated rings. The number of nitrogens with one attached hydrogen (secondary N) is 1. The van der Waals surface area contributed by atoms with Gasteiger partial charge in [-0.15, -0.1) is 0 Å². The summed E-state index contributed by atoms with van der Waals surface area (Å²) in [5.74, 6) is 0.0649. The van der Waals surface area contributed by atoms with Crippen LogP contribution in [0.2, 0.25) is 5.02 Å². The van der Waals surface area contributed by atoms with Gasteiger partial charge in [-0.05, 0) is 42.5 Å². The third kappa shape index (κ3) is 4.04. The van der Waals surface area contributed by atoms with Crippen molar-refractivity contribution in [2.45, 2.75) is 12.8 Å². The molecule has 0 aliphatic carbocycles. The van der Waals surface area contributed by atoms with Crippen molar-refractivity contribution < 1.29 is 9.53 Å². The minimum absolute atomic E-state index is 0.204. The number of primary amides is 1. The molecule has 2 heterocycles. The van der Waals surface area contributed by atoms with Crippen molar-refractivity contribution in [2.24, 2.45) is 11.7 Å². The van der Waals surface area contributed by atoms with Crippen molar-refractivity contribution in [3.05, 3.63) is 47.2 Å². The zero-order valence-corrected chi connectivity index (χ0v) is 14.1. The Kier molecular flexibility index (Phi) is 5.33. The van der Waals surface area contributed by atoms with Crippen LogP contribution in [-0.4, -0.2) is 30.6 Å². The Bertz CT molecular complexity index is 730. The van der Waals surface area contributed by atoms with E-state index in [4.69, 9.17) is 22.1 Å². The monoisotopic (exact) mass is 345 g/mol. The molecule has 0 spiro atoms. The quantitative estimate of drug-likeness (QED) is 0.871. The first-order chi connectivity index (χ1) is 11.6. The fourth-order valence-corrected chi connectivity index (χ4v) is 3.02. The van der Waals surface area contributed by atoms with Crippen LogP contribution < -0.4 is 11.1 Å². The van der Waals surface area contributed by atoms with Crippen molar-refractivity contribution in [3.8, 4) is 11.1 Å². The van der Waals surface area contributed by atoms with Crippen LogP contribution in [0.5, 0.6) is 0 Å². The second-order valence-corrected chi connectivity index (χ2v) is 6.34. The van der Waals surface area contributed by atoms with Gasteiger partial charge in [0, 0.05) is 37.2 Å². The molecule has 3 N–H and O–H groups in total. The van der Waals surface area contributed by atoms with E-state index in [9.17, 15) is 4.79 Å². The molecular weight excluding hydrogens is 326 g/mol. The van der Waals surface area contributed by atoms with E-state index < -0.39 is 5.91 Å². The number of pyridine rings is 1. The molecule has 5 nitrogen and oxygen atoms in total. The molecule has 1 aromatic carbocycles. The molecule has 1 amide bonds. The highest BCUT2D eigenvalue weighted by Gasteiger charge is 2.14. The summed E-state index contributed by atoms with van der Waals surface area (Å²) in [7, 11) is 0. The summed E-state index contributed by atoms with van der Waals surface area (Å²) >= 11 is 6.24. The topological polar surface area (TPSA) is 77.2 Å². The number of hydrogen-bond acceptors (Lipinski definition) is 4. The number of rotatable bonds is 5. The minimum atomic E-state index is -0.568. The number of nitrogens with zero attached hydrogens (tertiary/aromatic N) is 1. The maximum Gasteiger partial charge on any atom is 0.267 e. The van der Waals surface area contributed by atoms with Gasteiger partial charge >= 0.3 is 0 Å². The molecular formula is C18H20ClN3O2. The highest BCUT2D eigenvalue weighted by Crippen LogP contribution is 2.29. The first kappa shape index (κ1) is 16.7. The first-order valence-electron chi connectivity index (χ1n) is 8.01. The Hall–Kier alpha value is -2.11. The second-order valence-electron chi connectivity index (χ2n) is 5.93. The van der Waals surface area contributed by atoms with Gasteiger partial charge in [-0.25, -0.2) is 4.98 Å². The number of carbonyl (C=O) groups is 1. The van der Waals surface area contributed by atoms with Gasteiger partial charge in [-0.3, -0.25) is 4.79 Å². The molecule has 24 heavy (non-hydrogen) atoms. The van der Waals surface area contributed by atoms with Crippen molar-refractivity contribution in [1.82, 2.24) is 4.98 Å². The standard InChI is InChI=1S/C18H20ClN3O2/c19-16-11-22-17(18(20)23)9-15(16)13-2-1-3-14(8-13)21-10-12-4-6-24-7-5-12/h1-3,8-9,11-12,21H,4-7,10H2,(H2,20,23). The lowest BCUT2D eigenvalue weighted by Crippen LogP contribution is -2.22. The largest absolute Gasteiger partial charge is 0.385 e. The Morgan fingerprint density at radius 2 is 2.12 bits per heavy atom. The Morgan fingerprint density at radius 3 is 2.88 bits per heavy atom. The fraction of sp³-hybridized carbons (Fsp3) is 0.333. The van der Waals surface area contributed by atoms with Gasteiger partial charge in [0.25, 0.3) is 5.91 Å². The third-order valence-electron chi connectivity index (χ3n) is 4.22. The van der Waals surface area contributed by atoms with Gasteiger partial charge in [0.05, 0.1) is 5.02 Å². The van der Waals surface area contributed by atoms with E-state index in [1.807, 2.05) is 24.3 Å². The van der Waals surface area contributed by atoms with Crippen LogP contribution in [0, 0.1) is 5.92 Å². The maximum atomic E-state index is 11.3. The van der Waals surface area contributed by atoms with Gasteiger partial charge in [0.2, 0.25) is 0 Å². The molecule has 0 radical (unpaired) electrons. The second kappa shape index (κ2) is 7.64. The molecule has 0 bridgehead atoms. The number of nitrogens with two attached hydrogens (primary N) is 1. The first-order valence-corrected chi connectivity index (χ1v) is 8.38. The molecule has 0 atom stereocenters. The van der Waals surface area contributed by atoms with E-state index >= 15 is 0 Å². The van der Waals surface area contributed by atoms with E-state index in [1.54, 1.807) is 6.07 Å². The Labute approximate surface area is 146 Å². The normalized spacial score (nSPS) is 15.2. The zero-order valence-electron chi connectivity index (χ0n) is 13.3. The highest BCUT2D eigenvalue weighted by atomic mass is 35.5. The van der Waals surface area contributed by atoms with Crippen LogP contribution in [0.4, 0.5) is 5.69 Å². The average Bonchev–Trinajstić information content (AvgIpc) is 2.61. The van der Waals surface area contributed by atoms with Crippen LogP contribution >= 0.6 is 11.6 Å². The summed E-state index contributed by atoms with van der Waals surface area (Å²) in [6.07, 6.45) is 3.63.